The number of benzene rings is 1. The van der Waals surface area contributed by atoms with Gasteiger partial charge < -0.3 is 23.9 Å². The molecule has 1 aromatic carbocycles. The first-order chi connectivity index (χ1) is 18.4. The van der Waals surface area contributed by atoms with Gasteiger partial charge in [0.1, 0.15) is 24.6 Å². The number of fused-ring (bicyclic) bond motifs is 5. The summed E-state index contributed by atoms with van der Waals surface area (Å²) in [5.41, 5.74) is -0.268. The number of pyridine rings is 2. The van der Waals surface area contributed by atoms with Crippen LogP contribution in [0.1, 0.15) is 61.2 Å². The molecule has 1 N–H and O–H groups in total. The number of hydrogen-bond donors (Lipinski definition) is 1. The van der Waals surface area contributed by atoms with Gasteiger partial charge in [-0.25, -0.2) is 14.6 Å². The molecule has 0 radical (unpaired) electrons. The van der Waals surface area contributed by atoms with E-state index in [1.54, 1.807) is 52.0 Å². The smallest absolute Gasteiger partial charge is 0.343 e. The predicted molar refractivity (Wildman–Crippen MR) is 140 cm³/mol. The highest BCUT2D eigenvalue weighted by atomic mass is 16.6. The average Bonchev–Trinajstić information content (AvgIpc) is 3.25. The Kier molecular flexibility index (Phi) is 6.18. The molecule has 0 saturated heterocycles. The van der Waals surface area contributed by atoms with Crippen LogP contribution in [0.5, 0.6) is 5.75 Å². The van der Waals surface area contributed by atoms with E-state index in [-0.39, 0.29) is 42.9 Å². The third kappa shape index (κ3) is 4.30. The molecule has 39 heavy (non-hydrogen) atoms. The number of hydrogen-bond acceptors (Lipinski definition) is 9. The minimum atomic E-state index is -1.94. The fraction of sp³-hybridized carbons (Fsp3) is 0.345. The number of carbonyl (C=O) groups excluding carboxylic acids is 3. The summed E-state index contributed by atoms with van der Waals surface area (Å²) < 4.78 is 17.6. The van der Waals surface area contributed by atoms with Crippen LogP contribution in [-0.2, 0) is 37.8 Å². The van der Waals surface area contributed by atoms with Gasteiger partial charge in [-0.05, 0) is 51.5 Å². The van der Waals surface area contributed by atoms with E-state index in [1.807, 2.05) is 0 Å². The Morgan fingerprint density at radius 1 is 1.26 bits per heavy atom. The fourth-order valence-electron chi connectivity index (χ4n) is 4.89. The number of ether oxygens (including phenoxy) is 3. The van der Waals surface area contributed by atoms with E-state index in [9.17, 15) is 24.3 Å². The molecule has 2 aliphatic rings. The maximum absolute atomic E-state index is 13.4. The van der Waals surface area contributed by atoms with Crippen LogP contribution < -0.4 is 10.3 Å². The molecular weight excluding hydrogens is 504 g/mol. The van der Waals surface area contributed by atoms with Crippen molar-refractivity contribution in [3.05, 3.63) is 69.0 Å². The van der Waals surface area contributed by atoms with Crippen LogP contribution in [0.4, 0.5) is 0 Å². The van der Waals surface area contributed by atoms with Crippen LogP contribution in [0.15, 0.2) is 41.2 Å². The van der Waals surface area contributed by atoms with E-state index in [4.69, 9.17) is 19.2 Å². The monoisotopic (exact) mass is 532 g/mol. The normalized spacial score (nSPS) is 17.6. The zero-order valence-electron chi connectivity index (χ0n) is 22.1. The van der Waals surface area contributed by atoms with E-state index in [2.05, 4.69) is 6.58 Å². The molecule has 0 aliphatic carbocycles. The molecular formula is C29H28N2O8. The largest absolute Gasteiger partial charge is 0.489 e. The van der Waals surface area contributed by atoms with Gasteiger partial charge in [-0.1, -0.05) is 13.5 Å². The lowest BCUT2D eigenvalue weighted by atomic mass is 9.86. The lowest BCUT2D eigenvalue weighted by Crippen LogP contribution is -2.44. The van der Waals surface area contributed by atoms with Gasteiger partial charge in [-0.3, -0.25) is 9.59 Å². The van der Waals surface area contributed by atoms with Gasteiger partial charge in [0, 0.05) is 22.1 Å². The molecule has 5 rings (SSSR count). The highest BCUT2D eigenvalue weighted by molar-refractivity contribution is 6.01. The van der Waals surface area contributed by atoms with Crippen LogP contribution in [-0.4, -0.2) is 45.1 Å². The van der Waals surface area contributed by atoms with Crippen molar-refractivity contribution in [3.63, 3.8) is 0 Å². The fourth-order valence-corrected chi connectivity index (χ4v) is 4.89. The summed E-state index contributed by atoms with van der Waals surface area (Å²) in [5.74, 6) is -0.977. The van der Waals surface area contributed by atoms with Crippen molar-refractivity contribution in [3.8, 4) is 17.1 Å². The van der Waals surface area contributed by atoms with Crippen molar-refractivity contribution < 1.29 is 33.7 Å². The number of cyclic esters (lactones) is 1. The van der Waals surface area contributed by atoms with Gasteiger partial charge in [-0.2, -0.15) is 0 Å². The molecule has 202 valence electrons. The van der Waals surface area contributed by atoms with Gasteiger partial charge in [0.25, 0.3) is 5.56 Å². The summed E-state index contributed by atoms with van der Waals surface area (Å²) in [7, 11) is 0. The number of esters is 2. The molecule has 0 unspecified atom stereocenters. The average molecular weight is 533 g/mol. The molecule has 0 amide bonds. The Bertz CT molecular complexity index is 1650. The van der Waals surface area contributed by atoms with Gasteiger partial charge in [0.05, 0.1) is 34.6 Å². The Labute approximate surface area is 223 Å². The maximum atomic E-state index is 13.4. The van der Waals surface area contributed by atoms with Gasteiger partial charge in [0.2, 0.25) is 0 Å². The van der Waals surface area contributed by atoms with Crippen molar-refractivity contribution in [2.75, 3.05) is 6.61 Å². The second-order valence-corrected chi connectivity index (χ2v) is 10.6. The Balaban J connectivity index is 1.53. The summed E-state index contributed by atoms with van der Waals surface area (Å²) in [5, 5.41) is 11.6. The minimum Gasteiger partial charge on any atom is -0.489 e. The van der Waals surface area contributed by atoms with Crippen molar-refractivity contribution >= 4 is 29.1 Å². The predicted octanol–water partition coefficient (Wildman–Crippen LogP) is 3.17. The molecule has 2 aliphatic heterocycles. The molecule has 10 nitrogen and oxygen atoms in total. The first-order valence-electron chi connectivity index (χ1n) is 12.5. The lowest BCUT2D eigenvalue weighted by Gasteiger charge is -2.31. The number of aldehydes is 1. The molecule has 2 aromatic heterocycles. The third-order valence-corrected chi connectivity index (χ3v) is 6.92. The van der Waals surface area contributed by atoms with Crippen LogP contribution in [0.25, 0.3) is 22.3 Å². The molecule has 0 bridgehead atoms. The van der Waals surface area contributed by atoms with Crippen molar-refractivity contribution in [1.82, 2.24) is 9.55 Å². The van der Waals surface area contributed by atoms with E-state index in [1.165, 1.54) is 4.57 Å². The van der Waals surface area contributed by atoms with E-state index in [0.29, 0.717) is 45.5 Å². The highest BCUT2D eigenvalue weighted by Gasteiger charge is 2.45. The summed E-state index contributed by atoms with van der Waals surface area (Å²) >= 11 is 0. The molecule has 10 heteroatoms. The van der Waals surface area contributed by atoms with Crippen LogP contribution >= 0.6 is 0 Å². The van der Waals surface area contributed by atoms with Gasteiger partial charge >= 0.3 is 11.9 Å². The second-order valence-electron chi connectivity index (χ2n) is 10.6. The number of aliphatic hydroxyl groups is 1. The van der Waals surface area contributed by atoms with E-state index >= 15 is 0 Å². The first-order valence-corrected chi connectivity index (χ1v) is 12.5. The lowest BCUT2D eigenvalue weighted by molar-refractivity contribution is -0.172. The number of nitrogens with zero attached hydrogens (tertiary/aromatic N) is 2. The van der Waals surface area contributed by atoms with Crippen LogP contribution in [0.2, 0.25) is 0 Å². The highest BCUT2D eigenvalue weighted by Crippen LogP contribution is 2.40. The SMILES string of the molecule is C=C(COc1ccc2nc3c(c(C=O)c2c1)Cn1c-3cc2c(c1=O)COC(=O)[C@]2(O)CC)C(=O)OC(C)(C)C. The summed E-state index contributed by atoms with van der Waals surface area (Å²) in [6.07, 6.45) is 0.737. The Hall–Kier alpha value is -4.31. The molecule has 0 spiro atoms. The van der Waals surface area contributed by atoms with Crippen molar-refractivity contribution in [2.24, 2.45) is 0 Å². The standard InChI is InChI=1S/C29H28N2O8/c1-6-29(36)21-10-23-24-18(11-31(23)25(33)20(21)14-38-27(29)35)19(12-32)17-9-16(7-8-22(17)30-24)37-13-15(2)26(34)39-28(3,4)5/h7-10,12,36H,2,6,11,13-14H2,1,3-5H3/t29-/m0/s1. The maximum Gasteiger partial charge on any atom is 0.343 e. The quantitative estimate of drug-likeness (QED) is 0.226. The zero-order chi connectivity index (χ0) is 28.3. The van der Waals surface area contributed by atoms with Gasteiger partial charge in [0.15, 0.2) is 11.9 Å². The zero-order valence-corrected chi connectivity index (χ0v) is 22.1. The molecule has 4 heterocycles. The Morgan fingerprint density at radius 3 is 2.67 bits per heavy atom. The van der Waals surface area contributed by atoms with E-state index in [0.717, 1.165) is 0 Å². The first kappa shape index (κ1) is 26.3. The number of carbonyl (C=O) groups is 3. The number of rotatable bonds is 6. The van der Waals surface area contributed by atoms with E-state index < -0.39 is 28.7 Å². The number of aromatic nitrogens is 2. The molecule has 1 atom stereocenters. The van der Waals surface area contributed by atoms with Crippen molar-refractivity contribution in [1.29, 1.82) is 0 Å². The Morgan fingerprint density at radius 2 is 2.00 bits per heavy atom. The molecule has 3 aromatic rings. The molecule has 0 saturated carbocycles. The van der Waals surface area contributed by atoms with Crippen LogP contribution in [0.3, 0.4) is 0 Å². The third-order valence-electron chi connectivity index (χ3n) is 6.92. The summed E-state index contributed by atoms with van der Waals surface area (Å²) in [4.78, 5) is 55.0. The minimum absolute atomic E-state index is 0.0302. The van der Waals surface area contributed by atoms with Crippen molar-refractivity contribution in [2.45, 2.75) is 58.5 Å². The summed E-state index contributed by atoms with van der Waals surface area (Å²) in [6.45, 7) is 10.4. The topological polar surface area (TPSA) is 134 Å². The molecule has 0 fully saturated rings. The second kappa shape index (κ2) is 9.16. The van der Waals surface area contributed by atoms with Gasteiger partial charge in [-0.15, -0.1) is 0 Å². The van der Waals surface area contributed by atoms with Crippen LogP contribution in [0, 0.1) is 0 Å². The summed E-state index contributed by atoms with van der Waals surface area (Å²) in [6, 6.07) is 6.57.